The Morgan fingerprint density at radius 2 is 1.86 bits per heavy atom. The molecule has 2 aromatic carbocycles. The topological polar surface area (TPSA) is 66.6 Å². The molecular formula is C16H18N2O3. The van der Waals surface area contributed by atoms with Gasteiger partial charge in [0.05, 0.1) is 17.1 Å². The summed E-state index contributed by atoms with van der Waals surface area (Å²) in [5.41, 5.74) is 2.59. The van der Waals surface area contributed by atoms with E-state index in [0.29, 0.717) is 18.7 Å². The second kappa shape index (κ2) is 6.85. The number of hydrogen-bond acceptors (Lipinski definition) is 4. The standard InChI is InChI=1S/C16H18N2O3/c1-13-15(8-5-9-16(13)18(20)21)17(10-11-19)12-14-6-3-2-4-7-14/h2-9,19H,10-12H2,1H3. The van der Waals surface area contributed by atoms with Crippen LogP contribution in [-0.4, -0.2) is 23.2 Å². The minimum atomic E-state index is -0.377. The summed E-state index contributed by atoms with van der Waals surface area (Å²) in [6.45, 7) is 2.76. The summed E-state index contributed by atoms with van der Waals surface area (Å²) in [5, 5.41) is 20.3. The third kappa shape index (κ3) is 3.58. The molecule has 5 nitrogen and oxygen atoms in total. The van der Waals surface area contributed by atoms with Crippen LogP contribution in [0.5, 0.6) is 0 Å². The van der Waals surface area contributed by atoms with E-state index in [-0.39, 0.29) is 17.2 Å². The Labute approximate surface area is 123 Å². The molecule has 0 fully saturated rings. The van der Waals surface area contributed by atoms with E-state index >= 15 is 0 Å². The highest BCUT2D eigenvalue weighted by Gasteiger charge is 2.17. The SMILES string of the molecule is Cc1c(N(CCO)Cc2ccccc2)cccc1[N+](=O)[O-]. The smallest absolute Gasteiger partial charge is 0.274 e. The number of rotatable bonds is 6. The molecule has 110 valence electrons. The van der Waals surface area contributed by atoms with Gasteiger partial charge in [-0.3, -0.25) is 10.1 Å². The Morgan fingerprint density at radius 1 is 1.14 bits per heavy atom. The van der Waals surface area contributed by atoms with Crippen molar-refractivity contribution in [2.24, 2.45) is 0 Å². The molecule has 0 heterocycles. The number of nitro groups is 1. The maximum absolute atomic E-state index is 11.1. The predicted molar refractivity (Wildman–Crippen MR) is 82.4 cm³/mol. The third-order valence-electron chi connectivity index (χ3n) is 3.40. The fraction of sp³-hybridized carbons (Fsp3) is 0.250. The summed E-state index contributed by atoms with van der Waals surface area (Å²) in [5.74, 6) is 0. The molecule has 0 radical (unpaired) electrons. The van der Waals surface area contributed by atoms with Crippen molar-refractivity contribution in [3.63, 3.8) is 0 Å². The highest BCUT2D eigenvalue weighted by molar-refractivity contribution is 5.61. The molecule has 0 bridgehead atoms. The molecule has 0 unspecified atom stereocenters. The first-order valence-corrected chi connectivity index (χ1v) is 6.77. The lowest BCUT2D eigenvalue weighted by molar-refractivity contribution is -0.385. The molecule has 2 rings (SSSR count). The second-order valence-corrected chi connectivity index (χ2v) is 4.81. The molecule has 0 saturated heterocycles. The number of nitrogens with zero attached hydrogens (tertiary/aromatic N) is 2. The van der Waals surface area contributed by atoms with Gasteiger partial charge in [0.25, 0.3) is 5.69 Å². The van der Waals surface area contributed by atoms with Gasteiger partial charge in [0.1, 0.15) is 0 Å². The number of aliphatic hydroxyl groups excluding tert-OH is 1. The summed E-state index contributed by atoms with van der Waals surface area (Å²) in [6, 6.07) is 14.9. The zero-order valence-corrected chi connectivity index (χ0v) is 11.9. The molecule has 0 aromatic heterocycles. The molecule has 21 heavy (non-hydrogen) atoms. The van der Waals surface area contributed by atoms with Gasteiger partial charge in [0.15, 0.2) is 0 Å². The normalized spacial score (nSPS) is 10.4. The molecule has 0 amide bonds. The van der Waals surface area contributed by atoms with Crippen LogP contribution in [0.15, 0.2) is 48.5 Å². The van der Waals surface area contributed by atoms with E-state index in [2.05, 4.69) is 0 Å². The Hall–Kier alpha value is -2.40. The largest absolute Gasteiger partial charge is 0.395 e. The molecule has 0 aliphatic heterocycles. The van der Waals surface area contributed by atoms with Gasteiger partial charge < -0.3 is 10.0 Å². The Balaban J connectivity index is 2.34. The molecule has 0 atom stereocenters. The van der Waals surface area contributed by atoms with Crippen LogP contribution in [-0.2, 0) is 6.54 Å². The summed E-state index contributed by atoms with van der Waals surface area (Å²) < 4.78 is 0. The minimum Gasteiger partial charge on any atom is -0.395 e. The van der Waals surface area contributed by atoms with Crippen molar-refractivity contribution in [1.82, 2.24) is 0 Å². The number of benzene rings is 2. The molecule has 0 aliphatic carbocycles. The average molecular weight is 286 g/mol. The van der Waals surface area contributed by atoms with Crippen molar-refractivity contribution in [3.8, 4) is 0 Å². The van der Waals surface area contributed by atoms with E-state index in [9.17, 15) is 15.2 Å². The first-order valence-electron chi connectivity index (χ1n) is 6.77. The van der Waals surface area contributed by atoms with Gasteiger partial charge >= 0.3 is 0 Å². The third-order valence-corrected chi connectivity index (χ3v) is 3.40. The van der Waals surface area contributed by atoms with Gasteiger partial charge in [-0.2, -0.15) is 0 Å². The van der Waals surface area contributed by atoms with Gasteiger partial charge in [0, 0.05) is 24.8 Å². The number of nitro benzene ring substituents is 1. The zero-order chi connectivity index (χ0) is 15.2. The average Bonchev–Trinajstić information content (AvgIpc) is 2.48. The minimum absolute atomic E-state index is 0.00499. The van der Waals surface area contributed by atoms with Crippen LogP contribution in [0.25, 0.3) is 0 Å². The van der Waals surface area contributed by atoms with Gasteiger partial charge in [0.2, 0.25) is 0 Å². The quantitative estimate of drug-likeness (QED) is 0.655. The van der Waals surface area contributed by atoms with Crippen molar-refractivity contribution in [2.75, 3.05) is 18.1 Å². The molecule has 0 saturated carbocycles. The summed E-state index contributed by atoms with van der Waals surface area (Å²) in [6.07, 6.45) is 0. The van der Waals surface area contributed by atoms with Crippen molar-refractivity contribution < 1.29 is 10.0 Å². The van der Waals surface area contributed by atoms with Crippen LogP contribution in [0.3, 0.4) is 0 Å². The molecule has 2 aromatic rings. The first kappa shape index (κ1) is 15.0. The molecule has 0 aliphatic rings. The lowest BCUT2D eigenvalue weighted by Gasteiger charge is -2.25. The van der Waals surface area contributed by atoms with E-state index in [1.165, 1.54) is 6.07 Å². The summed E-state index contributed by atoms with van der Waals surface area (Å²) in [4.78, 5) is 12.6. The van der Waals surface area contributed by atoms with Crippen molar-refractivity contribution in [3.05, 3.63) is 69.8 Å². The molecule has 5 heteroatoms. The summed E-state index contributed by atoms with van der Waals surface area (Å²) >= 11 is 0. The van der Waals surface area contributed by atoms with Crippen molar-refractivity contribution >= 4 is 11.4 Å². The lowest BCUT2D eigenvalue weighted by atomic mass is 10.1. The van der Waals surface area contributed by atoms with Gasteiger partial charge in [-0.1, -0.05) is 36.4 Å². The van der Waals surface area contributed by atoms with Crippen LogP contribution in [0.1, 0.15) is 11.1 Å². The number of aliphatic hydroxyl groups is 1. The fourth-order valence-electron chi connectivity index (χ4n) is 2.36. The highest BCUT2D eigenvalue weighted by atomic mass is 16.6. The number of hydrogen-bond donors (Lipinski definition) is 1. The van der Waals surface area contributed by atoms with Crippen LogP contribution in [0.4, 0.5) is 11.4 Å². The zero-order valence-electron chi connectivity index (χ0n) is 11.9. The van der Waals surface area contributed by atoms with E-state index < -0.39 is 0 Å². The second-order valence-electron chi connectivity index (χ2n) is 4.81. The molecule has 1 N–H and O–H groups in total. The molecule has 0 spiro atoms. The predicted octanol–water partition coefficient (Wildman–Crippen LogP) is 2.90. The van der Waals surface area contributed by atoms with Gasteiger partial charge in [-0.25, -0.2) is 0 Å². The lowest BCUT2D eigenvalue weighted by Crippen LogP contribution is -2.27. The number of anilines is 1. The maximum Gasteiger partial charge on any atom is 0.274 e. The maximum atomic E-state index is 11.1. The monoisotopic (exact) mass is 286 g/mol. The van der Waals surface area contributed by atoms with Crippen LogP contribution < -0.4 is 4.90 Å². The van der Waals surface area contributed by atoms with Gasteiger partial charge in [-0.15, -0.1) is 0 Å². The van der Waals surface area contributed by atoms with Crippen LogP contribution >= 0.6 is 0 Å². The van der Waals surface area contributed by atoms with Crippen LogP contribution in [0, 0.1) is 17.0 Å². The van der Waals surface area contributed by atoms with Crippen molar-refractivity contribution in [1.29, 1.82) is 0 Å². The Morgan fingerprint density at radius 3 is 2.48 bits per heavy atom. The van der Waals surface area contributed by atoms with Gasteiger partial charge in [-0.05, 0) is 18.6 Å². The first-order chi connectivity index (χ1) is 10.1. The van der Waals surface area contributed by atoms with Crippen molar-refractivity contribution in [2.45, 2.75) is 13.5 Å². The van der Waals surface area contributed by atoms with E-state index in [4.69, 9.17) is 0 Å². The fourth-order valence-corrected chi connectivity index (χ4v) is 2.36. The molecular weight excluding hydrogens is 268 g/mol. The van der Waals surface area contributed by atoms with E-state index in [1.807, 2.05) is 41.3 Å². The Kier molecular flexibility index (Phi) is 4.90. The highest BCUT2D eigenvalue weighted by Crippen LogP contribution is 2.29. The van der Waals surface area contributed by atoms with E-state index in [1.54, 1.807) is 13.0 Å². The van der Waals surface area contributed by atoms with Crippen LogP contribution in [0.2, 0.25) is 0 Å². The summed E-state index contributed by atoms with van der Waals surface area (Å²) in [7, 11) is 0. The Bertz CT molecular complexity index is 614. The van der Waals surface area contributed by atoms with E-state index in [0.717, 1.165) is 11.3 Å².